The third kappa shape index (κ3) is 1.27. The number of likely N-dealkylation sites (tertiary alicyclic amines) is 1. The topological polar surface area (TPSA) is 37.4 Å². The molecule has 0 aromatic carbocycles. The number of carbonyl (C=O) groups excluding carboxylic acids is 2. The molecule has 62 valence electrons. The zero-order chi connectivity index (χ0) is 8.59. The van der Waals surface area contributed by atoms with Gasteiger partial charge in [-0.05, 0) is 20.8 Å². The molecule has 0 N–H and O–H groups in total. The molecule has 1 unspecified atom stereocenters. The highest BCUT2D eigenvalue weighted by atomic mass is 16.2. The van der Waals surface area contributed by atoms with Crippen LogP contribution in [0, 0.1) is 5.92 Å². The summed E-state index contributed by atoms with van der Waals surface area (Å²) in [6.07, 6.45) is 0. The lowest BCUT2D eigenvalue weighted by Crippen LogP contribution is -2.33. The molecule has 1 heterocycles. The van der Waals surface area contributed by atoms with Crippen LogP contribution in [-0.2, 0) is 9.59 Å². The van der Waals surface area contributed by atoms with Crippen molar-refractivity contribution in [1.29, 1.82) is 0 Å². The molecule has 0 aromatic rings. The number of rotatable bonds is 1. The lowest BCUT2D eigenvalue weighted by Gasteiger charge is -2.19. The first-order valence-electron chi connectivity index (χ1n) is 3.87. The van der Waals surface area contributed by atoms with Gasteiger partial charge in [0.1, 0.15) is 0 Å². The molecule has 3 heteroatoms. The highest BCUT2D eigenvalue weighted by Crippen LogP contribution is 2.15. The number of hydrogen-bond acceptors (Lipinski definition) is 2. The molecule has 1 rings (SSSR count). The Morgan fingerprint density at radius 1 is 1.45 bits per heavy atom. The first-order valence-corrected chi connectivity index (χ1v) is 3.87. The summed E-state index contributed by atoms with van der Waals surface area (Å²) < 4.78 is 0. The van der Waals surface area contributed by atoms with E-state index in [1.54, 1.807) is 11.8 Å². The summed E-state index contributed by atoms with van der Waals surface area (Å²) in [4.78, 5) is 23.9. The lowest BCUT2D eigenvalue weighted by atomic mass is 10.1. The number of amides is 1. The maximum absolute atomic E-state index is 11.3. The van der Waals surface area contributed by atoms with Crippen molar-refractivity contribution in [2.75, 3.05) is 6.54 Å². The lowest BCUT2D eigenvalue weighted by molar-refractivity contribution is -0.132. The number of carbonyl (C=O) groups is 2. The van der Waals surface area contributed by atoms with Gasteiger partial charge in [0.05, 0.1) is 12.5 Å². The average molecular weight is 155 g/mol. The van der Waals surface area contributed by atoms with E-state index in [4.69, 9.17) is 0 Å². The average Bonchev–Trinajstić information content (AvgIpc) is 2.17. The second-order valence-electron chi connectivity index (χ2n) is 3.25. The third-order valence-corrected chi connectivity index (χ3v) is 2.09. The van der Waals surface area contributed by atoms with Crippen LogP contribution < -0.4 is 0 Å². The van der Waals surface area contributed by atoms with E-state index in [1.807, 2.05) is 13.8 Å². The molecule has 0 radical (unpaired) electrons. The first-order chi connectivity index (χ1) is 5.04. The molecular formula is C8H13NO2. The van der Waals surface area contributed by atoms with Crippen molar-refractivity contribution in [3.05, 3.63) is 0 Å². The molecule has 1 atom stereocenters. The molecule has 0 aromatic heterocycles. The summed E-state index contributed by atoms with van der Waals surface area (Å²) in [6.45, 7) is 5.82. The Labute approximate surface area is 66.4 Å². The maximum Gasteiger partial charge on any atom is 0.233 e. The summed E-state index contributed by atoms with van der Waals surface area (Å²) in [5.41, 5.74) is 0. The number of nitrogens with zero attached hydrogens (tertiary/aromatic N) is 1. The van der Waals surface area contributed by atoms with Crippen molar-refractivity contribution < 1.29 is 9.59 Å². The molecule has 3 nitrogen and oxygen atoms in total. The minimum absolute atomic E-state index is 0.0231. The molecule has 11 heavy (non-hydrogen) atoms. The van der Waals surface area contributed by atoms with Gasteiger partial charge in [-0.25, -0.2) is 0 Å². The largest absolute Gasteiger partial charge is 0.332 e. The van der Waals surface area contributed by atoms with Crippen LogP contribution >= 0.6 is 0 Å². The number of hydrogen-bond donors (Lipinski definition) is 0. The Morgan fingerprint density at radius 2 is 2.00 bits per heavy atom. The summed E-state index contributed by atoms with van der Waals surface area (Å²) in [5.74, 6) is -0.383. The predicted molar refractivity (Wildman–Crippen MR) is 41.0 cm³/mol. The van der Waals surface area contributed by atoms with E-state index in [0.29, 0.717) is 6.54 Å². The Hall–Kier alpha value is -0.860. The van der Waals surface area contributed by atoms with E-state index in [2.05, 4.69) is 0 Å². The van der Waals surface area contributed by atoms with Gasteiger partial charge in [-0.3, -0.25) is 9.59 Å². The standard InChI is InChI=1S/C8H13NO2/c1-5(2)9-4-7(10)6(3)8(9)11/h5-6H,4H2,1-3H3. The number of Topliss-reactive ketones (excluding diaryl/α,β-unsaturated/α-hetero) is 1. The first kappa shape index (κ1) is 8.24. The van der Waals surface area contributed by atoms with Gasteiger partial charge in [-0.2, -0.15) is 0 Å². The maximum atomic E-state index is 11.3. The minimum atomic E-state index is -0.405. The van der Waals surface area contributed by atoms with Gasteiger partial charge < -0.3 is 4.90 Å². The Morgan fingerprint density at radius 3 is 2.18 bits per heavy atom. The second-order valence-corrected chi connectivity index (χ2v) is 3.25. The summed E-state index contributed by atoms with van der Waals surface area (Å²) in [5, 5.41) is 0. The molecule has 0 saturated carbocycles. The van der Waals surface area contributed by atoms with Gasteiger partial charge in [0.15, 0.2) is 5.78 Å². The van der Waals surface area contributed by atoms with Gasteiger partial charge in [-0.1, -0.05) is 0 Å². The molecule has 1 fully saturated rings. The van der Waals surface area contributed by atoms with Crippen molar-refractivity contribution in [3.63, 3.8) is 0 Å². The molecular weight excluding hydrogens is 142 g/mol. The smallest absolute Gasteiger partial charge is 0.233 e. The second kappa shape index (κ2) is 2.64. The van der Waals surface area contributed by atoms with Crippen molar-refractivity contribution in [1.82, 2.24) is 4.90 Å². The fourth-order valence-electron chi connectivity index (χ4n) is 1.21. The van der Waals surface area contributed by atoms with Crippen LogP contribution in [-0.4, -0.2) is 29.2 Å². The van der Waals surface area contributed by atoms with Gasteiger partial charge >= 0.3 is 0 Å². The molecule has 0 aliphatic carbocycles. The van der Waals surface area contributed by atoms with Crippen LogP contribution in [0.5, 0.6) is 0 Å². The SMILES string of the molecule is CC1C(=O)CN(C(C)C)C1=O. The van der Waals surface area contributed by atoms with Crippen LogP contribution in [0.1, 0.15) is 20.8 Å². The summed E-state index contributed by atoms with van der Waals surface area (Å²) in [7, 11) is 0. The van der Waals surface area contributed by atoms with Crippen LogP contribution in [0.2, 0.25) is 0 Å². The van der Waals surface area contributed by atoms with E-state index in [0.717, 1.165) is 0 Å². The molecule has 1 aliphatic rings. The van der Waals surface area contributed by atoms with Crippen LogP contribution in [0.3, 0.4) is 0 Å². The Bertz CT molecular complexity index is 198. The van der Waals surface area contributed by atoms with Crippen LogP contribution in [0.25, 0.3) is 0 Å². The third-order valence-electron chi connectivity index (χ3n) is 2.09. The normalized spacial score (nSPS) is 25.5. The fraction of sp³-hybridized carbons (Fsp3) is 0.750. The van der Waals surface area contributed by atoms with E-state index >= 15 is 0 Å². The highest BCUT2D eigenvalue weighted by Gasteiger charge is 2.36. The molecule has 0 bridgehead atoms. The molecule has 1 amide bonds. The Balaban J connectivity index is 2.75. The minimum Gasteiger partial charge on any atom is -0.332 e. The van der Waals surface area contributed by atoms with Gasteiger partial charge in [0.25, 0.3) is 0 Å². The monoisotopic (exact) mass is 155 g/mol. The van der Waals surface area contributed by atoms with Gasteiger partial charge in [-0.15, -0.1) is 0 Å². The van der Waals surface area contributed by atoms with E-state index in [9.17, 15) is 9.59 Å². The van der Waals surface area contributed by atoms with Crippen LogP contribution in [0.15, 0.2) is 0 Å². The van der Waals surface area contributed by atoms with Crippen molar-refractivity contribution in [2.24, 2.45) is 5.92 Å². The molecule has 1 aliphatic heterocycles. The van der Waals surface area contributed by atoms with Crippen LogP contribution in [0.4, 0.5) is 0 Å². The molecule has 1 saturated heterocycles. The Kier molecular flexibility index (Phi) is 1.98. The van der Waals surface area contributed by atoms with E-state index < -0.39 is 5.92 Å². The van der Waals surface area contributed by atoms with Crippen molar-refractivity contribution in [3.8, 4) is 0 Å². The highest BCUT2D eigenvalue weighted by molar-refractivity contribution is 6.08. The molecule has 0 spiro atoms. The quantitative estimate of drug-likeness (QED) is 0.515. The van der Waals surface area contributed by atoms with Gasteiger partial charge in [0.2, 0.25) is 5.91 Å². The predicted octanol–water partition coefficient (Wildman–Crippen LogP) is 0.442. The summed E-state index contributed by atoms with van der Waals surface area (Å²) in [6, 6.07) is 0.149. The number of ketones is 1. The summed E-state index contributed by atoms with van der Waals surface area (Å²) >= 11 is 0. The zero-order valence-corrected chi connectivity index (χ0v) is 7.13. The fourth-order valence-corrected chi connectivity index (χ4v) is 1.21. The van der Waals surface area contributed by atoms with E-state index in [1.165, 1.54) is 0 Å². The zero-order valence-electron chi connectivity index (χ0n) is 7.13. The van der Waals surface area contributed by atoms with E-state index in [-0.39, 0.29) is 17.7 Å². The van der Waals surface area contributed by atoms with Crippen molar-refractivity contribution >= 4 is 11.7 Å². The van der Waals surface area contributed by atoms with Gasteiger partial charge in [0, 0.05) is 6.04 Å². The van der Waals surface area contributed by atoms with Crippen molar-refractivity contribution in [2.45, 2.75) is 26.8 Å².